The molecule has 1 aliphatic heterocycles. The quantitative estimate of drug-likeness (QED) is 0.593. The number of anilines is 1. The maximum atomic E-state index is 13.2. The number of hydrogen-bond donors (Lipinski definition) is 1. The predicted octanol–water partition coefficient (Wildman–Crippen LogP) is 3.28. The maximum absolute atomic E-state index is 13.2. The van der Waals surface area contributed by atoms with Gasteiger partial charge < -0.3 is 10.1 Å². The molecule has 0 unspecified atom stereocenters. The van der Waals surface area contributed by atoms with Gasteiger partial charge in [0.15, 0.2) is 0 Å². The average Bonchev–Trinajstić information content (AvgIpc) is 2.73. The molecule has 7 heteroatoms. The van der Waals surface area contributed by atoms with Crippen molar-refractivity contribution in [2.24, 2.45) is 0 Å². The maximum Gasteiger partial charge on any atom is 0.267 e. The zero-order valence-corrected chi connectivity index (χ0v) is 17.2. The minimum Gasteiger partial charge on any atom is -0.379 e. The highest BCUT2D eigenvalue weighted by Crippen LogP contribution is 2.18. The highest BCUT2D eigenvalue weighted by molar-refractivity contribution is 9.10. The Kier molecular flexibility index (Phi) is 6.04. The molecular formula is C21H23BrN4O2. The van der Waals surface area contributed by atoms with Crippen molar-refractivity contribution in [3.05, 3.63) is 63.4 Å². The first-order valence-corrected chi connectivity index (χ1v) is 10.3. The second-order valence-corrected chi connectivity index (χ2v) is 7.72. The first-order valence-electron chi connectivity index (χ1n) is 9.54. The smallest absolute Gasteiger partial charge is 0.267 e. The number of rotatable bonds is 6. The number of para-hydroxylation sites is 1. The molecule has 1 aromatic heterocycles. The standard InChI is InChI=1S/C21H23BrN4O2/c22-16-6-8-17(9-7-16)26-20(27)18-4-1-2-5-19(18)24-21(26)23-10-3-11-25-12-14-28-15-13-25/h1-2,4-9H,3,10-15H2,(H,23,24). The van der Waals surface area contributed by atoms with Crippen LogP contribution >= 0.6 is 15.9 Å². The molecule has 0 spiro atoms. The SMILES string of the molecule is O=c1c2ccccc2nc(NCCCN2CCOCC2)n1-c1ccc(Br)cc1. The van der Waals surface area contributed by atoms with Crippen molar-refractivity contribution in [2.75, 3.05) is 44.7 Å². The van der Waals surface area contributed by atoms with E-state index in [-0.39, 0.29) is 5.56 Å². The summed E-state index contributed by atoms with van der Waals surface area (Å²) in [6.45, 7) is 5.34. The normalized spacial score (nSPS) is 15.0. The van der Waals surface area contributed by atoms with Gasteiger partial charge in [0.2, 0.25) is 5.95 Å². The molecule has 0 amide bonds. The van der Waals surface area contributed by atoms with E-state index in [1.807, 2.05) is 48.5 Å². The van der Waals surface area contributed by atoms with E-state index in [1.165, 1.54) is 0 Å². The molecule has 0 saturated carbocycles. The summed E-state index contributed by atoms with van der Waals surface area (Å²) < 4.78 is 8.02. The van der Waals surface area contributed by atoms with Crippen LogP contribution < -0.4 is 10.9 Å². The molecular weight excluding hydrogens is 420 g/mol. The molecule has 2 heterocycles. The molecule has 1 aliphatic rings. The Labute approximate surface area is 172 Å². The third-order valence-corrected chi connectivity index (χ3v) is 5.43. The Morgan fingerprint density at radius 3 is 2.61 bits per heavy atom. The van der Waals surface area contributed by atoms with Crippen LogP contribution in [0.15, 0.2) is 57.8 Å². The van der Waals surface area contributed by atoms with Crippen molar-refractivity contribution in [2.45, 2.75) is 6.42 Å². The summed E-state index contributed by atoms with van der Waals surface area (Å²) in [6, 6.07) is 15.2. The van der Waals surface area contributed by atoms with Crippen LogP contribution in [0.2, 0.25) is 0 Å². The van der Waals surface area contributed by atoms with Gasteiger partial charge in [0, 0.05) is 24.1 Å². The van der Waals surface area contributed by atoms with E-state index in [1.54, 1.807) is 4.57 Å². The fourth-order valence-corrected chi connectivity index (χ4v) is 3.67. The average molecular weight is 443 g/mol. The Balaban J connectivity index is 1.59. The number of aromatic nitrogens is 2. The van der Waals surface area contributed by atoms with Crippen molar-refractivity contribution in [3.8, 4) is 5.69 Å². The second-order valence-electron chi connectivity index (χ2n) is 6.80. The third kappa shape index (κ3) is 4.27. The van der Waals surface area contributed by atoms with Gasteiger partial charge in [-0.1, -0.05) is 28.1 Å². The Morgan fingerprint density at radius 1 is 1.07 bits per heavy atom. The zero-order chi connectivity index (χ0) is 19.3. The summed E-state index contributed by atoms with van der Waals surface area (Å²) in [5.41, 5.74) is 1.43. The lowest BCUT2D eigenvalue weighted by atomic mass is 10.2. The number of benzene rings is 2. The highest BCUT2D eigenvalue weighted by Gasteiger charge is 2.13. The minimum absolute atomic E-state index is 0.0661. The molecule has 146 valence electrons. The topological polar surface area (TPSA) is 59.4 Å². The van der Waals surface area contributed by atoms with Crippen molar-refractivity contribution >= 4 is 32.8 Å². The van der Waals surface area contributed by atoms with Gasteiger partial charge in [0.25, 0.3) is 5.56 Å². The van der Waals surface area contributed by atoms with E-state index in [0.717, 1.165) is 56.0 Å². The monoisotopic (exact) mass is 442 g/mol. The van der Waals surface area contributed by atoms with Gasteiger partial charge in [-0.2, -0.15) is 0 Å². The van der Waals surface area contributed by atoms with Crippen molar-refractivity contribution in [1.29, 1.82) is 0 Å². The number of fused-ring (bicyclic) bond motifs is 1. The van der Waals surface area contributed by atoms with Gasteiger partial charge in [-0.25, -0.2) is 9.55 Å². The zero-order valence-electron chi connectivity index (χ0n) is 15.6. The Hall–Kier alpha value is -2.22. The van der Waals surface area contributed by atoms with Gasteiger partial charge in [-0.3, -0.25) is 9.69 Å². The molecule has 3 aromatic rings. The van der Waals surface area contributed by atoms with Crippen LogP contribution in [0.25, 0.3) is 16.6 Å². The summed E-state index contributed by atoms with van der Waals surface area (Å²) in [7, 11) is 0. The summed E-state index contributed by atoms with van der Waals surface area (Å²) in [5.74, 6) is 0.577. The molecule has 28 heavy (non-hydrogen) atoms. The van der Waals surface area contributed by atoms with E-state index in [4.69, 9.17) is 9.72 Å². The van der Waals surface area contributed by atoms with Crippen LogP contribution in [0.1, 0.15) is 6.42 Å². The lowest BCUT2D eigenvalue weighted by Crippen LogP contribution is -2.37. The molecule has 0 radical (unpaired) electrons. The molecule has 1 fully saturated rings. The number of halogens is 1. The third-order valence-electron chi connectivity index (χ3n) is 4.90. The van der Waals surface area contributed by atoms with Crippen LogP contribution in [0.5, 0.6) is 0 Å². The van der Waals surface area contributed by atoms with Crippen molar-refractivity contribution in [3.63, 3.8) is 0 Å². The summed E-state index contributed by atoms with van der Waals surface area (Å²) in [5, 5.41) is 4.00. The number of hydrogen-bond acceptors (Lipinski definition) is 5. The highest BCUT2D eigenvalue weighted by atomic mass is 79.9. The van der Waals surface area contributed by atoms with Gasteiger partial charge in [-0.05, 0) is 49.4 Å². The van der Waals surface area contributed by atoms with Gasteiger partial charge in [0.05, 0.1) is 29.8 Å². The van der Waals surface area contributed by atoms with Crippen molar-refractivity contribution < 1.29 is 4.74 Å². The fourth-order valence-electron chi connectivity index (χ4n) is 3.41. The molecule has 2 aromatic carbocycles. The Morgan fingerprint density at radius 2 is 1.82 bits per heavy atom. The van der Waals surface area contributed by atoms with Crippen LogP contribution in [-0.2, 0) is 4.74 Å². The molecule has 0 aliphatic carbocycles. The van der Waals surface area contributed by atoms with Crippen LogP contribution in [0.4, 0.5) is 5.95 Å². The minimum atomic E-state index is -0.0661. The van der Waals surface area contributed by atoms with Gasteiger partial charge >= 0.3 is 0 Å². The molecule has 4 rings (SSSR count). The summed E-state index contributed by atoms with van der Waals surface area (Å²) >= 11 is 3.45. The molecule has 1 saturated heterocycles. The summed E-state index contributed by atoms with van der Waals surface area (Å²) in [6.07, 6.45) is 0.975. The van der Waals surface area contributed by atoms with Crippen molar-refractivity contribution in [1.82, 2.24) is 14.5 Å². The van der Waals surface area contributed by atoms with Crippen LogP contribution in [-0.4, -0.2) is 53.8 Å². The molecule has 1 N–H and O–H groups in total. The van der Waals surface area contributed by atoms with Gasteiger partial charge in [0.1, 0.15) is 0 Å². The Bertz CT molecular complexity index is 997. The lowest BCUT2D eigenvalue weighted by molar-refractivity contribution is 0.0378. The number of ether oxygens (including phenoxy) is 1. The van der Waals surface area contributed by atoms with E-state index >= 15 is 0 Å². The number of nitrogens with one attached hydrogen (secondary N) is 1. The van der Waals surface area contributed by atoms with E-state index in [2.05, 4.69) is 26.1 Å². The first kappa shape index (κ1) is 19.1. The van der Waals surface area contributed by atoms with Crippen LogP contribution in [0.3, 0.4) is 0 Å². The molecule has 6 nitrogen and oxygen atoms in total. The van der Waals surface area contributed by atoms with Gasteiger partial charge in [-0.15, -0.1) is 0 Å². The van der Waals surface area contributed by atoms with E-state index in [9.17, 15) is 4.79 Å². The molecule has 0 bridgehead atoms. The van der Waals surface area contributed by atoms with Crippen LogP contribution in [0, 0.1) is 0 Å². The fraction of sp³-hybridized carbons (Fsp3) is 0.333. The van der Waals surface area contributed by atoms with E-state index in [0.29, 0.717) is 16.9 Å². The number of morpholine rings is 1. The second kappa shape index (κ2) is 8.86. The largest absolute Gasteiger partial charge is 0.379 e. The lowest BCUT2D eigenvalue weighted by Gasteiger charge is -2.26. The molecule has 0 atom stereocenters. The summed E-state index contributed by atoms with van der Waals surface area (Å²) in [4.78, 5) is 20.3. The predicted molar refractivity (Wildman–Crippen MR) is 115 cm³/mol. The first-order chi connectivity index (χ1) is 13.7. The van der Waals surface area contributed by atoms with E-state index < -0.39 is 0 Å². The number of nitrogens with zero attached hydrogens (tertiary/aromatic N) is 3.